The van der Waals surface area contributed by atoms with Crippen LogP contribution in [0.4, 0.5) is 0 Å². The molecule has 20 heavy (non-hydrogen) atoms. The molecule has 0 spiro atoms. The van der Waals surface area contributed by atoms with Crippen molar-refractivity contribution in [3.63, 3.8) is 0 Å². The largest absolute Gasteiger partial charge is 0.493 e. The summed E-state index contributed by atoms with van der Waals surface area (Å²) in [5.41, 5.74) is 1.76. The monoisotopic (exact) mass is 416 g/mol. The first kappa shape index (κ1) is 13.9. The molecule has 3 aromatic rings. The van der Waals surface area contributed by atoms with Crippen LogP contribution in [0.1, 0.15) is 0 Å². The number of thiophene rings is 1. The van der Waals surface area contributed by atoms with Crippen molar-refractivity contribution in [2.75, 3.05) is 14.2 Å². The average molecular weight is 418 g/mol. The predicted molar refractivity (Wildman–Crippen MR) is 87.9 cm³/mol. The molecule has 0 saturated heterocycles. The van der Waals surface area contributed by atoms with Gasteiger partial charge in [0.15, 0.2) is 11.5 Å². The molecular weight excluding hydrogens is 408 g/mol. The topological polar surface area (TPSA) is 47.1 Å². The molecule has 2 aromatic heterocycles. The van der Waals surface area contributed by atoms with Gasteiger partial charge < -0.3 is 14.5 Å². The van der Waals surface area contributed by atoms with Crippen molar-refractivity contribution in [1.82, 2.24) is 9.97 Å². The van der Waals surface area contributed by atoms with Gasteiger partial charge in [-0.1, -0.05) is 0 Å². The molecule has 2 heterocycles. The summed E-state index contributed by atoms with van der Waals surface area (Å²) in [6.07, 6.45) is 0. The van der Waals surface area contributed by atoms with E-state index < -0.39 is 0 Å². The summed E-state index contributed by atoms with van der Waals surface area (Å²) in [6.45, 7) is 0. The lowest BCUT2D eigenvalue weighted by Crippen LogP contribution is -1.89. The Morgan fingerprint density at radius 3 is 2.40 bits per heavy atom. The molecule has 0 atom stereocenters. The number of halogens is 2. The number of imidazole rings is 1. The van der Waals surface area contributed by atoms with Gasteiger partial charge in [-0.25, -0.2) is 4.98 Å². The highest BCUT2D eigenvalue weighted by Gasteiger charge is 2.13. The van der Waals surface area contributed by atoms with Gasteiger partial charge >= 0.3 is 0 Å². The van der Waals surface area contributed by atoms with Crippen molar-refractivity contribution < 1.29 is 9.47 Å². The fraction of sp³-hybridized carbons (Fsp3) is 0.154. The van der Waals surface area contributed by atoms with Gasteiger partial charge in [0.2, 0.25) is 0 Å². The molecule has 104 valence electrons. The summed E-state index contributed by atoms with van der Waals surface area (Å²) in [4.78, 5) is 8.95. The highest BCUT2D eigenvalue weighted by atomic mass is 79.9. The van der Waals surface area contributed by atoms with Crippen LogP contribution in [0.15, 0.2) is 26.5 Å². The Morgan fingerprint density at radius 2 is 1.80 bits per heavy atom. The van der Waals surface area contributed by atoms with Gasteiger partial charge in [0.05, 0.1) is 33.9 Å². The molecule has 1 aromatic carbocycles. The molecule has 1 N–H and O–H groups in total. The summed E-state index contributed by atoms with van der Waals surface area (Å²) in [7, 11) is 3.24. The smallest absolute Gasteiger partial charge is 0.163 e. The number of rotatable bonds is 3. The number of methoxy groups -OCH3 is 2. The molecule has 7 heteroatoms. The summed E-state index contributed by atoms with van der Waals surface area (Å²) in [5, 5.41) is 0. The fourth-order valence-electron chi connectivity index (χ4n) is 1.92. The first-order chi connectivity index (χ1) is 9.62. The maximum Gasteiger partial charge on any atom is 0.163 e. The standard InChI is InChI=1S/C13H10Br2N2O2S/c1-18-9-4-7-8(5-10(9)19-2)17-13(16-7)11-3-6(14)12(15)20-11/h3-5H,1-2H3,(H,16,17). The van der Waals surface area contributed by atoms with E-state index in [2.05, 4.69) is 41.8 Å². The first-order valence-corrected chi connectivity index (χ1v) is 8.09. The Balaban J connectivity index is 2.15. The number of aromatic nitrogens is 2. The second-order valence-electron chi connectivity index (χ2n) is 4.04. The molecular formula is C13H10Br2N2O2S. The van der Waals surface area contributed by atoms with E-state index in [1.807, 2.05) is 18.2 Å². The maximum atomic E-state index is 5.30. The Bertz CT molecular complexity index is 722. The van der Waals surface area contributed by atoms with Crippen LogP contribution in [0.25, 0.3) is 21.7 Å². The van der Waals surface area contributed by atoms with E-state index in [4.69, 9.17) is 9.47 Å². The third-order valence-corrected chi connectivity index (χ3v) is 6.13. The van der Waals surface area contributed by atoms with Crippen LogP contribution >= 0.6 is 43.2 Å². The zero-order valence-corrected chi connectivity index (χ0v) is 14.6. The summed E-state index contributed by atoms with van der Waals surface area (Å²) < 4.78 is 12.7. The summed E-state index contributed by atoms with van der Waals surface area (Å²) in [6, 6.07) is 5.79. The van der Waals surface area contributed by atoms with Crippen LogP contribution in [0.5, 0.6) is 11.5 Å². The van der Waals surface area contributed by atoms with Gasteiger partial charge in [-0.15, -0.1) is 11.3 Å². The van der Waals surface area contributed by atoms with E-state index in [9.17, 15) is 0 Å². The molecule has 0 aliphatic heterocycles. The average Bonchev–Trinajstić information content (AvgIpc) is 3.00. The normalized spacial score (nSPS) is 11.0. The van der Waals surface area contributed by atoms with Crippen LogP contribution in [-0.4, -0.2) is 24.2 Å². The molecule has 0 unspecified atom stereocenters. The number of hydrogen-bond acceptors (Lipinski definition) is 4. The number of nitrogens with one attached hydrogen (secondary N) is 1. The third kappa shape index (κ3) is 2.34. The minimum atomic E-state index is 0.673. The molecule has 0 bridgehead atoms. The predicted octanol–water partition coefficient (Wildman–Crippen LogP) is 4.83. The van der Waals surface area contributed by atoms with Crippen LogP contribution in [0, 0.1) is 0 Å². The van der Waals surface area contributed by atoms with Gasteiger partial charge in [-0.05, 0) is 37.9 Å². The SMILES string of the molecule is COc1cc2nc(-c3cc(Br)c(Br)s3)[nH]c2cc1OC. The molecule has 0 aliphatic rings. The van der Waals surface area contributed by atoms with E-state index in [0.29, 0.717) is 11.5 Å². The van der Waals surface area contributed by atoms with Gasteiger partial charge in [-0.2, -0.15) is 0 Å². The van der Waals surface area contributed by atoms with Crippen LogP contribution in [0.2, 0.25) is 0 Å². The van der Waals surface area contributed by atoms with Crippen LogP contribution in [-0.2, 0) is 0 Å². The number of nitrogens with zero attached hydrogens (tertiary/aromatic N) is 1. The highest BCUT2D eigenvalue weighted by molar-refractivity contribution is 9.13. The number of H-pyrrole nitrogens is 1. The lowest BCUT2D eigenvalue weighted by molar-refractivity contribution is 0.356. The number of benzene rings is 1. The lowest BCUT2D eigenvalue weighted by atomic mass is 10.3. The van der Waals surface area contributed by atoms with Crippen molar-refractivity contribution >= 4 is 54.2 Å². The third-order valence-electron chi connectivity index (χ3n) is 2.87. The Morgan fingerprint density at radius 1 is 1.10 bits per heavy atom. The Hall–Kier alpha value is -1.05. The van der Waals surface area contributed by atoms with Crippen molar-refractivity contribution in [3.05, 3.63) is 26.5 Å². The fourth-order valence-corrected chi connectivity index (χ4v) is 3.90. The number of aromatic amines is 1. The van der Waals surface area contributed by atoms with Gasteiger partial charge in [0.1, 0.15) is 5.82 Å². The molecule has 3 rings (SSSR count). The highest BCUT2D eigenvalue weighted by Crippen LogP contribution is 2.38. The molecule has 0 fully saturated rings. The van der Waals surface area contributed by atoms with Crippen LogP contribution in [0.3, 0.4) is 0 Å². The molecule has 0 amide bonds. The minimum absolute atomic E-state index is 0.673. The van der Waals surface area contributed by atoms with E-state index >= 15 is 0 Å². The number of ether oxygens (including phenoxy) is 2. The molecule has 0 radical (unpaired) electrons. The zero-order valence-electron chi connectivity index (χ0n) is 10.7. The summed E-state index contributed by atoms with van der Waals surface area (Å²) in [5.74, 6) is 2.18. The van der Waals surface area contributed by atoms with Crippen molar-refractivity contribution in [3.8, 4) is 22.2 Å². The second-order valence-corrected chi connectivity index (χ2v) is 7.27. The van der Waals surface area contributed by atoms with Crippen molar-refractivity contribution in [1.29, 1.82) is 0 Å². The number of fused-ring (bicyclic) bond motifs is 1. The molecule has 0 saturated carbocycles. The Kier molecular flexibility index (Phi) is 3.74. The maximum absolute atomic E-state index is 5.30. The van der Waals surface area contributed by atoms with Gasteiger partial charge in [-0.3, -0.25) is 0 Å². The second kappa shape index (κ2) is 5.38. The zero-order chi connectivity index (χ0) is 14.3. The van der Waals surface area contributed by atoms with E-state index in [0.717, 1.165) is 30.0 Å². The van der Waals surface area contributed by atoms with Gasteiger partial charge in [0.25, 0.3) is 0 Å². The van der Waals surface area contributed by atoms with Gasteiger partial charge in [0, 0.05) is 16.6 Å². The van der Waals surface area contributed by atoms with Crippen molar-refractivity contribution in [2.24, 2.45) is 0 Å². The van der Waals surface area contributed by atoms with Crippen molar-refractivity contribution in [2.45, 2.75) is 0 Å². The quantitative estimate of drug-likeness (QED) is 0.663. The van der Waals surface area contributed by atoms with Crippen LogP contribution < -0.4 is 9.47 Å². The number of hydrogen-bond donors (Lipinski definition) is 1. The lowest BCUT2D eigenvalue weighted by Gasteiger charge is -2.06. The summed E-state index contributed by atoms with van der Waals surface area (Å²) >= 11 is 8.59. The Labute approximate surface area is 136 Å². The van der Waals surface area contributed by atoms with E-state index in [1.165, 1.54) is 0 Å². The molecule has 4 nitrogen and oxygen atoms in total. The first-order valence-electron chi connectivity index (χ1n) is 5.69. The molecule has 0 aliphatic carbocycles. The van der Waals surface area contributed by atoms with E-state index in [-0.39, 0.29) is 0 Å². The van der Waals surface area contributed by atoms with E-state index in [1.54, 1.807) is 25.6 Å². The minimum Gasteiger partial charge on any atom is -0.493 e.